The first-order valence-corrected chi connectivity index (χ1v) is 13.5. The number of carbonyl (C=O) groups is 1. The van der Waals surface area contributed by atoms with E-state index in [9.17, 15) is 9.90 Å². The fourth-order valence-corrected chi connectivity index (χ4v) is 4.56. The summed E-state index contributed by atoms with van der Waals surface area (Å²) >= 11 is 0. The Kier molecular flexibility index (Phi) is 14.0. The summed E-state index contributed by atoms with van der Waals surface area (Å²) in [4.78, 5) is 16.3. The molecule has 0 aliphatic rings. The van der Waals surface area contributed by atoms with Gasteiger partial charge in [0.1, 0.15) is 0 Å². The predicted molar refractivity (Wildman–Crippen MR) is 153 cm³/mol. The monoisotopic (exact) mass is 679 g/mol. The number of hydrogen-bond acceptors (Lipinski definition) is 3. The van der Waals surface area contributed by atoms with Gasteiger partial charge in [-0.05, 0) is 59.7 Å². The maximum absolute atomic E-state index is 11.7. The van der Waals surface area contributed by atoms with E-state index in [4.69, 9.17) is 0 Å². The zero-order chi connectivity index (χ0) is 26.8. The van der Waals surface area contributed by atoms with E-state index < -0.39 is 0 Å². The zero-order valence-corrected chi connectivity index (χ0v) is 26.2. The van der Waals surface area contributed by atoms with Crippen molar-refractivity contribution < 1.29 is 30.0 Å². The van der Waals surface area contributed by atoms with Crippen LogP contribution in [0.2, 0.25) is 0 Å². The number of ketones is 1. The Balaban J connectivity index is 0.000000384. The number of rotatable bonds is 9. The molecule has 0 fully saturated rings. The molecular weight excluding hydrogens is 635 g/mol. The summed E-state index contributed by atoms with van der Waals surface area (Å²) in [6, 6.07) is 16.5. The van der Waals surface area contributed by atoms with E-state index in [1.54, 1.807) is 0 Å². The van der Waals surface area contributed by atoms with Gasteiger partial charge in [0, 0.05) is 44.2 Å². The van der Waals surface area contributed by atoms with E-state index in [0.29, 0.717) is 5.92 Å². The molecule has 37 heavy (non-hydrogen) atoms. The predicted octanol–water partition coefficient (Wildman–Crippen LogP) is 9.31. The van der Waals surface area contributed by atoms with E-state index >= 15 is 0 Å². The number of aliphatic hydroxyl groups is 1. The summed E-state index contributed by atoms with van der Waals surface area (Å²) in [7, 11) is 0. The number of aryl methyl sites for hydroxylation is 2. The van der Waals surface area contributed by atoms with Crippen molar-refractivity contribution in [1.29, 1.82) is 0 Å². The number of nitrogens with zero attached hydrogens (tertiary/aromatic N) is 1. The molecule has 0 amide bonds. The van der Waals surface area contributed by atoms with Crippen molar-refractivity contribution in [1.82, 2.24) is 4.98 Å². The van der Waals surface area contributed by atoms with Gasteiger partial charge < -0.3 is 10.1 Å². The standard InChI is InChI=1S/C20H20N.C13H24O2.Ir/c1-13(2)17-6-5-16-7-8-21-20(19(16)12-17)18-10-14(3)9-15(4)11-18;1-5-10(6-2)12(14)9-13(15)11(7-3)8-4;/h5-10,12-13H,1-4H3;9-11,14H,5-8H2,1-4H3;/q-1;;. The molecule has 0 spiro atoms. The Morgan fingerprint density at radius 1 is 0.946 bits per heavy atom. The number of carbonyl (C=O) groups excluding carboxylic acids is 1. The molecule has 0 saturated heterocycles. The number of benzene rings is 2. The Hall–Kier alpha value is -2.29. The van der Waals surface area contributed by atoms with Crippen molar-refractivity contribution in [3.63, 3.8) is 0 Å². The molecule has 1 N–H and O–H groups in total. The van der Waals surface area contributed by atoms with Crippen LogP contribution in [0.1, 0.15) is 89.8 Å². The maximum atomic E-state index is 11.7. The average molecular weight is 679 g/mol. The van der Waals surface area contributed by atoms with Gasteiger partial charge in [-0.25, -0.2) is 0 Å². The van der Waals surface area contributed by atoms with Crippen LogP contribution in [0.25, 0.3) is 22.0 Å². The van der Waals surface area contributed by atoms with E-state index in [0.717, 1.165) is 42.5 Å². The fraction of sp³-hybridized carbons (Fsp3) is 0.455. The molecule has 0 aliphatic heterocycles. The Morgan fingerprint density at radius 3 is 2.11 bits per heavy atom. The molecule has 3 aromatic rings. The van der Waals surface area contributed by atoms with Crippen LogP contribution in [0.15, 0.2) is 54.4 Å². The minimum atomic E-state index is 0. The van der Waals surface area contributed by atoms with Crippen molar-refractivity contribution in [2.45, 2.75) is 87.0 Å². The second kappa shape index (κ2) is 15.8. The van der Waals surface area contributed by atoms with Crippen molar-refractivity contribution in [2.75, 3.05) is 0 Å². The molecule has 0 saturated carbocycles. The van der Waals surface area contributed by atoms with Crippen LogP contribution in [0.4, 0.5) is 0 Å². The van der Waals surface area contributed by atoms with Crippen LogP contribution >= 0.6 is 0 Å². The van der Waals surface area contributed by atoms with Gasteiger partial charge in [-0.3, -0.25) is 4.79 Å². The summed E-state index contributed by atoms with van der Waals surface area (Å²) < 4.78 is 0. The molecular formula is C33H44IrNO2-. The third-order valence-electron chi connectivity index (χ3n) is 6.94. The second-order valence-electron chi connectivity index (χ2n) is 10.0. The van der Waals surface area contributed by atoms with Gasteiger partial charge in [0.15, 0.2) is 5.78 Å². The topological polar surface area (TPSA) is 50.2 Å². The number of hydrogen-bond donors (Lipinski definition) is 1. The Labute approximate surface area is 238 Å². The molecule has 1 radical (unpaired) electrons. The maximum Gasteiger partial charge on any atom is 0.162 e. The molecule has 1 heterocycles. The number of allylic oxidation sites excluding steroid dienone is 2. The van der Waals surface area contributed by atoms with Crippen LogP contribution in [0, 0.1) is 31.7 Å². The largest absolute Gasteiger partial charge is 0.512 e. The molecule has 0 bridgehead atoms. The summed E-state index contributed by atoms with van der Waals surface area (Å²) in [5.74, 6) is 1.07. The molecule has 1 aromatic heterocycles. The average Bonchev–Trinajstić information content (AvgIpc) is 2.84. The van der Waals surface area contributed by atoms with E-state index in [2.05, 4.69) is 75.1 Å². The smallest absolute Gasteiger partial charge is 0.162 e. The molecule has 2 aromatic carbocycles. The van der Waals surface area contributed by atoms with E-state index in [1.165, 1.54) is 28.0 Å². The summed E-state index contributed by atoms with van der Waals surface area (Å²) in [6.07, 6.45) is 6.79. The first-order valence-electron chi connectivity index (χ1n) is 13.5. The summed E-state index contributed by atoms with van der Waals surface area (Å²) in [6.45, 7) is 16.7. The van der Waals surface area contributed by atoms with Crippen molar-refractivity contribution in [3.05, 3.63) is 77.2 Å². The van der Waals surface area contributed by atoms with Crippen LogP contribution in [0.5, 0.6) is 0 Å². The third kappa shape index (κ3) is 9.20. The van der Waals surface area contributed by atoms with Crippen molar-refractivity contribution >= 4 is 16.6 Å². The zero-order valence-electron chi connectivity index (χ0n) is 23.8. The van der Waals surface area contributed by atoms with Crippen LogP contribution in [0.3, 0.4) is 0 Å². The van der Waals surface area contributed by atoms with Gasteiger partial charge in [0.2, 0.25) is 0 Å². The minimum Gasteiger partial charge on any atom is -0.512 e. The van der Waals surface area contributed by atoms with Gasteiger partial charge in [-0.15, -0.1) is 34.9 Å². The van der Waals surface area contributed by atoms with E-state index in [1.807, 2.05) is 33.9 Å². The van der Waals surface area contributed by atoms with Gasteiger partial charge in [0.05, 0.1) is 5.76 Å². The normalized spacial score (nSPS) is 11.5. The molecule has 0 atom stereocenters. The Morgan fingerprint density at radius 2 is 1.57 bits per heavy atom. The molecule has 3 nitrogen and oxygen atoms in total. The molecule has 0 aliphatic carbocycles. The second-order valence-corrected chi connectivity index (χ2v) is 10.0. The van der Waals surface area contributed by atoms with Gasteiger partial charge in [-0.2, -0.15) is 0 Å². The van der Waals surface area contributed by atoms with E-state index in [-0.39, 0.29) is 43.5 Å². The van der Waals surface area contributed by atoms with Gasteiger partial charge in [0.25, 0.3) is 0 Å². The first-order chi connectivity index (χ1) is 17.1. The Bertz CT molecular complexity index is 1150. The number of pyridine rings is 1. The summed E-state index contributed by atoms with van der Waals surface area (Å²) in [5, 5.41) is 12.2. The quantitative estimate of drug-likeness (QED) is 0.139. The fourth-order valence-electron chi connectivity index (χ4n) is 4.56. The molecule has 203 valence electrons. The molecule has 3 rings (SSSR count). The third-order valence-corrected chi connectivity index (χ3v) is 6.94. The van der Waals surface area contributed by atoms with Crippen molar-refractivity contribution in [3.8, 4) is 11.3 Å². The van der Waals surface area contributed by atoms with Crippen LogP contribution in [-0.2, 0) is 24.9 Å². The first kappa shape index (κ1) is 32.7. The molecule has 0 unspecified atom stereocenters. The van der Waals surface area contributed by atoms with Crippen LogP contribution < -0.4 is 0 Å². The SMILES string of the molecule is CCC(CC)C(=O)C=C(O)C(CC)CC.Cc1[c-]c(-c2nccc3ccc(C(C)C)cc23)cc(C)c1.[Ir]. The van der Waals surface area contributed by atoms with Crippen molar-refractivity contribution in [2.24, 2.45) is 11.8 Å². The van der Waals surface area contributed by atoms with Gasteiger partial charge in [-0.1, -0.05) is 73.6 Å². The molecule has 4 heteroatoms. The van der Waals surface area contributed by atoms with Gasteiger partial charge >= 0.3 is 0 Å². The minimum absolute atomic E-state index is 0. The number of aliphatic hydroxyl groups excluding tert-OH is 1. The number of aromatic nitrogens is 1. The number of fused-ring (bicyclic) bond motifs is 1. The van der Waals surface area contributed by atoms with Crippen LogP contribution in [-0.4, -0.2) is 15.9 Å². The summed E-state index contributed by atoms with van der Waals surface area (Å²) in [5.41, 5.74) is 5.87.